The average Bonchev–Trinajstić information content (AvgIpc) is 2.61. The number of amides is 1. The van der Waals surface area contributed by atoms with E-state index in [1.165, 1.54) is 0 Å². The molecule has 0 heterocycles. The van der Waals surface area contributed by atoms with Crippen LogP contribution in [0.4, 0.5) is 0 Å². The van der Waals surface area contributed by atoms with Gasteiger partial charge < -0.3 is 10.1 Å². The van der Waals surface area contributed by atoms with Crippen LogP contribution in [0, 0.1) is 0 Å². The van der Waals surface area contributed by atoms with Crippen LogP contribution in [0.3, 0.4) is 0 Å². The highest BCUT2D eigenvalue weighted by Gasteiger charge is 2.06. The van der Waals surface area contributed by atoms with E-state index in [2.05, 4.69) is 11.9 Å². The molecule has 5 heteroatoms. The quantitative estimate of drug-likeness (QED) is 0.497. The van der Waals surface area contributed by atoms with Crippen LogP contribution in [0.15, 0.2) is 60.7 Å². The Kier molecular flexibility index (Phi) is 7.89. The zero-order chi connectivity index (χ0) is 18.1. The van der Waals surface area contributed by atoms with Gasteiger partial charge in [0.25, 0.3) is 5.91 Å². The molecule has 132 valence electrons. The van der Waals surface area contributed by atoms with E-state index in [4.69, 9.17) is 16.3 Å². The lowest BCUT2D eigenvalue weighted by molar-refractivity contribution is 0.0956. The molecule has 0 aliphatic carbocycles. The minimum Gasteiger partial charge on any atom is -0.489 e. The second-order valence-corrected chi connectivity index (χ2v) is 7.19. The number of carbonyl (C=O) groups is 1. The van der Waals surface area contributed by atoms with E-state index in [0.717, 1.165) is 27.7 Å². The molecule has 0 aromatic heterocycles. The molecule has 1 N–H and O–H groups in total. The molecule has 2 rings (SSSR count). The standard InChI is InChI=1S/C20H22ClNO2S/c1-15(2)13-24-18-8-5-7-16(12-18)20(23)22-10-11-25-14-17-6-3-4-9-19(17)21/h3-9,12H,1,10-11,13-14H2,2H3,(H,22,23). The number of benzene rings is 2. The van der Waals surface area contributed by atoms with E-state index in [9.17, 15) is 4.79 Å². The zero-order valence-electron chi connectivity index (χ0n) is 14.3. The lowest BCUT2D eigenvalue weighted by atomic mass is 10.2. The fraction of sp³-hybridized carbons (Fsp3) is 0.250. The van der Waals surface area contributed by atoms with Crippen LogP contribution in [0.1, 0.15) is 22.8 Å². The number of ether oxygens (including phenoxy) is 1. The molecule has 0 spiro atoms. The first-order valence-electron chi connectivity index (χ1n) is 8.03. The molecule has 0 fully saturated rings. The SMILES string of the molecule is C=C(C)COc1cccc(C(=O)NCCSCc2ccccc2Cl)c1. The third-order valence-corrected chi connectivity index (χ3v) is 4.71. The van der Waals surface area contributed by atoms with Gasteiger partial charge in [-0.05, 0) is 42.3 Å². The predicted molar refractivity (Wildman–Crippen MR) is 107 cm³/mol. The summed E-state index contributed by atoms with van der Waals surface area (Å²) in [5.74, 6) is 2.23. The zero-order valence-corrected chi connectivity index (χ0v) is 15.8. The van der Waals surface area contributed by atoms with E-state index in [0.29, 0.717) is 24.5 Å². The summed E-state index contributed by atoms with van der Waals surface area (Å²) in [6, 6.07) is 15.0. The first-order valence-corrected chi connectivity index (χ1v) is 9.56. The number of halogens is 1. The molecule has 0 aliphatic heterocycles. The maximum Gasteiger partial charge on any atom is 0.251 e. The molecule has 0 radical (unpaired) electrons. The number of hydrogen-bond donors (Lipinski definition) is 1. The Bertz CT molecular complexity index is 733. The van der Waals surface area contributed by atoms with Crippen LogP contribution in [0.25, 0.3) is 0 Å². The Morgan fingerprint density at radius 2 is 2.04 bits per heavy atom. The smallest absolute Gasteiger partial charge is 0.251 e. The van der Waals surface area contributed by atoms with Gasteiger partial charge in [0, 0.05) is 28.6 Å². The summed E-state index contributed by atoms with van der Waals surface area (Å²) in [6.07, 6.45) is 0. The molecular weight excluding hydrogens is 354 g/mol. The Morgan fingerprint density at radius 3 is 2.80 bits per heavy atom. The lowest BCUT2D eigenvalue weighted by Crippen LogP contribution is -2.25. The summed E-state index contributed by atoms with van der Waals surface area (Å²) >= 11 is 7.87. The summed E-state index contributed by atoms with van der Waals surface area (Å²) in [5, 5.41) is 3.71. The summed E-state index contributed by atoms with van der Waals surface area (Å²) in [7, 11) is 0. The molecule has 2 aromatic rings. The summed E-state index contributed by atoms with van der Waals surface area (Å²) in [6.45, 7) is 6.75. The molecule has 25 heavy (non-hydrogen) atoms. The first-order chi connectivity index (χ1) is 12.1. The molecule has 0 saturated carbocycles. The number of carbonyl (C=O) groups excluding carboxylic acids is 1. The van der Waals surface area contributed by atoms with Gasteiger partial charge in [-0.15, -0.1) is 0 Å². The van der Waals surface area contributed by atoms with Crippen molar-refractivity contribution in [3.8, 4) is 5.75 Å². The maximum atomic E-state index is 12.2. The van der Waals surface area contributed by atoms with Crippen molar-refractivity contribution in [2.24, 2.45) is 0 Å². The summed E-state index contributed by atoms with van der Waals surface area (Å²) in [5.41, 5.74) is 2.64. The fourth-order valence-corrected chi connectivity index (χ4v) is 3.21. The second kappa shape index (κ2) is 10.2. The minimum absolute atomic E-state index is 0.0980. The third kappa shape index (κ3) is 6.85. The van der Waals surface area contributed by atoms with E-state index < -0.39 is 0 Å². The van der Waals surface area contributed by atoms with Gasteiger partial charge in [0.15, 0.2) is 0 Å². The van der Waals surface area contributed by atoms with Crippen molar-refractivity contribution in [3.05, 3.63) is 76.8 Å². The van der Waals surface area contributed by atoms with E-state index in [-0.39, 0.29) is 5.91 Å². The molecule has 0 bridgehead atoms. The van der Waals surface area contributed by atoms with Crippen molar-refractivity contribution in [1.29, 1.82) is 0 Å². The lowest BCUT2D eigenvalue weighted by Gasteiger charge is -2.09. The Balaban J connectivity index is 1.74. The van der Waals surface area contributed by atoms with Crippen molar-refractivity contribution in [3.63, 3.8) is 0 Å². The minimum atomic E-state index is -0.0980. The van der Waals surface area contributed by atoms with Crippen LogP contribution in [0.2, 0.25) is 5.02 Å². The largest absolute Gasteiger partial charge is 0.489 e. The second-order valence-electron chi connectivity index (χ2n) is 5.67. The average molecular weight is 376 g/mol. The van der Waals surface area contributed by atoms with Gasteiger partial charge in [-0.1, -0.05) is 42.4 Å². The van der Waals surface area contributed by atoms with Crippen molar-refractivity contribution >= 4 is 29.3 Å². The Hall–Kier alpha value is -1.91. The van der Waals surface area contributed by atoms with Crippen LogP contribution in [0.5, 0.6) is 5.75 Å². The molecule has 0 saturated heterocycles. The fourth-order valence-electron chi connectivity index (χ4n) is 2.07. The number of thioether (sulfide) groups is 1. The summed E-state index contributed by atoms with van der Waals surface area (Å²) in [4.78, 5) is 12.2. The van der Waals surface area contributed by atoms with Gasteiger partial charge in [0.1, 0.15) is 12.4 Å². The topological polar surface area (TPSA) is 38.3 Å². The predicted octanol–water partition coefficient (Wildman–Crippen LogP) is 4.96. The molecule has 0 aliphatic rings. The molecule has 0 unspecified atom stereocenters. The molecule has 1 amide bonds. The first kappa shape index (κ1) is 19.4. The highest BCUT2D eigenvalue weighted by Crippen LogP contribution is 2.20. The van der Waals surface area contributed by atoms with Crippen LogP contribution >= 0.6 is 23.4 Å². The number of rotatable bonds is 9. The van der Waals surface area contributed by atoms with Gasteiger partial charge in [0.2, 0.25) is 0 Å². The van der Waals surface area contributed by atoms with Crippen LogP contribution in [-0.2, 0) is 5.75 Å². The molecule has 2 aromatic carbocycles. The van der Waals surface area contributed by atoms with E-state index in [1.807, 2.05) is 43.3 Å². The van der Waals surface area contributed by atoms with Gasteiger partial charge in [-0.25, -0.2) is 0 Å². The van der Waals surface area contributed by atoms with Gasteiger partial charge in [-0.3, -0.25) is 4.79 Å². The van der Waals surface area contributed by atoms with Gasteiger partial charge in [-0.2, -0.15) is 11.8 Å². The van der Waals surface area contributed by atoms with Crippen molar-refractivity contribution in [2.75, 3.05) is 18.9 Å². The van der Waals surface area contributed by atoms with Crippen LogP contribution < -0.4 is 10.1 Å². The van der Waals surface area contributed by atoms with E-state index >= 15 is 0 Å². The van der Waals surface area contributed by atoms with Crippen molar-refractivity contribution in [2.45, 2.75) is 12.7 Å². The van der Waals surface area contributed by atoms with Crippen molar-refractivity contribution < 1.29 is 9.53 Å². The third-order valence-electron chi connectivity index (χ3n) is 3.33. The number of nitrogens with one attached hydrogen (secondary N) is 1. The monoisotopic (exact) mass is 375 g/mol. The number of hydrogen-bond acceptors (Lipinski definition) is 3. The normalized spacial score (nSPS) is 10.3. The Labute approximate surface area is 158 Å². The highest BCUT2D eigenvalue weighted by molar-refractivity contribution is 7.98. The van der Waals surface area contributed by atoms with Crippen molar-refractivity contribution in [1.82, 2.24) is 5.32 Å². The van der Waals surface area contributed by atoms with Gasteiger partial charge in [0.05, 0.1) is 0 Å². The molecular formula is C20H22ClNO2S. The van der Waals surface area contributed by atoms with Gasteiger partial charge >= 0.3 is 0 Å². The van der Waals surface area contributed by atoms with E-state index in [1.54, 1.807) is 23.9 Å². The molecule has 0 atom stereocenters. The Morgan fingerprint density at radius 1 is 1.24 bits per heavy atom. The van der Waals surface area contributed by atoms with Crippen LogP contribution in [-0.4, -0.2) is 24.8 Å². The highest BCUT2D eigenvalue weighted by atomic mass is 35.5. The maximum absolute atomic E-state index is 12.2. The summed E-state index contributed by atoms with van der Waals surface area (Å²) < 4.78 is 5.57. The molecule has 3 nitrogen and oxygen atoms in total.